The summed E-state index contributed by atoms with van der Waals surface area (Å²) in [7, 11) is 0. The van der Waals surface area contributed by atoms with Gasteiger partial charge in [0.15, 0.2) is 0 Å². The van der Waals surface area contributed by atoms with Gasteiger partial charge >= 0.3 is 6.03 Å². The number of urea groups is 1. The maximum Gasteiger partial charge on any atom is 0.337 e. The molecule has 0 spiro atoms. The van der Waals surface area contributed by atoms with Gasteiger partial charge in [0.2, 0.25) is 0 Å². The minimum Gasteiger partial charge on any atom is -0.307 e. The molecule has 0 heterocycles. The number of hydrazine groups is 1. The Morgan fingerprint density at radius 3 is 2.32 bits per heavy atom. The Kier molecular flexibility index (Phi) is 4.49. The highest BCUT2D eigenvalue weighted by Crippen LogP contribution is 2.24. The van der Waals surface area contributed by atoms with Gasteiger partial charge < -0.3 is 5.32 Å². The van der Waals surface area contributed by atoms with Crippen molar-refractivity contribution in [3.05, 3.63) is 58.6 Å². The molecule has 0 fully saturated rings. The average molecular weight is 296 g/mol. The van der Waals surface area contributed by atoms with Crippen molar-refractivity contribution >= 4 is 40.6 Å². The number of rotatable bonds is 3. The molecule has 0 radical (unpaired) electrons. The summed E-state index contributed by atoms with van der Waals surface area (Å²) in [5.74, 6) is 0. The molecule has 0 atom stereocenters. The number of amides is 2. The Morgan fingerprint density at radius 2 is 1.63 bits per heavy atom. The second-order valence-corrected chi connectivity index (χ2v) is 4.51. The summed E-state index contributed by atoms with van der Waals surface area (Å²) in [4.78, 5) is 11.6. The second kappa shape index (κ2) is 6.31. The summed E-state index contributed by atoms with van der Waals surface area (Å²) >= 11 is 11.6. The molecule has 0 aliphatic rings. The molecule has 3 N–H and O–H groups in total. The molecule has 0 aliphatic carbocycles. The smallest absolute Gasteiger partial charge is 0.307 e. The van der Waals surface area contributed by atoms with Crippen molar-refractivity contribution in [2.75, 3.05) is 10.7 Å². The molecule has 0 aromatic heterocycles. The highest BCUT2D eigenvalue weighted by Gasteiger charge is 2.03. The van der Waals surface area contributed by atoms with Crippen LogP contribution >= 0.6 is 23.2 Å². The third-order valence-corrected chi connectivity index (χ3v) is 3.01. The van der Waals surface area contributed by atoms with Crippen molar-refractivity contribution in [2.24, 2.45) is 0 Å². The fraction of sp³-hybridized carbons (Fsp3) is 0. The molecule has 0 aliphatic heterocycles. The van der Waals surface area contributed by atoms with Crippen LogP contribution < -0.4 is 16.2 Å². The molecule has 0 saturated heterocycles. The van der Waals surface area contributed by atoms with Crippen LogP contribution in [0.5, 0.6) is 0 Å². The van der Waals surface area contributed by atoms with Crippen LogP contribution in [0.3, 0.4) is 0 Å². The standard InChI is InChI=1S/C13H11Cl2N3O/c14-11-7-6-10(8-12(11)15)16-13(19)18-17-9-4-2-1-3-5-9/h1-8,17H,(H2,16,18,19). The molecule has 0 saturated carbocycles. The van der Waals surface area contributed by atoms with Crippen molar-refractivity contribution in [2.45, 2.75) is 0 Å². The van der Waals surface area contributed by atoms with Crippen molar-refractivity contribution in [3.63, 3.8) is 0 Å². The molecule has 0 bridgehead atoms. The van der Waals surface area contributed by atoms with Crippen LogP contribution in [0, 0.1) is 0 Å². The van der Waals surface area contributed by atoms with Gasteiger partial charge in [0.25, 0.3) is 0 Å². The third-order valence-electron chi connectivity index (χ3n) is 2.27. The average Bonchev–Trinajstić information content (AvgIpc) is 2.42. The highest BCUT2D eigenvalue weighted by molar-refractivity contribution is 6.42. The minimum absolute atomic E-state index is 0.385. The molecular weight excluding hydrogens is 285 g/mol. The molecule has 2 aromatic carbocycles. The second-order valence-electron chi connectivity index (χ2n) is 3.70. The SMILES string of the molecule is O=C(NNc1ccccc1)Nc1ccc(Cl)c(Cl)c1. The van der Waals surface area contributed by atoms with E-state index in [1.54, 1.807) is 18.2 Å². The topological polar surface area (TPSA) is 53.2 Å². The Balaban J connectivity index is 1.89. The zero-order chi connectivity index (χ0) is 13.7. The normalized spacial score (nSPS) is 9.79. The van der Waals surface area contributed by atoms with E-state index in [0.29, 0.717) is 15.7 Å². The van der Waals surface area contributed by atoms with Crippen molar-refractivity contribution in [3.8, 4) is 0 Å². The summed E-state index contributed by atoms with van der Waals surface area (Å²) in [6.07, 6.45) is 0. The van der Waals surface area contributed by atoms with Gasteiger partial charge in [-0.3, -0.25) is 10.9 Å². The molecule has 98 valence electrons. The Hall–Kier alpha value is -1.91. The van der Waals surface area contributed by atoms with Crippen molar-refractivity contribution in [1.29, 1.82) is 0 Å². The first-order valence-corrected chi connectivity index (χ1v) is 6.24. The number of benzene rings is 2. The number of para-hydroxylation sites is 1. The van der Waals surface area contributed by atoms with Gasteiger partial charge in [0.1, 0.15) is 0 Å². The summed E-state index contributed by atoms with van der Waals surface area (Å²) in [6, 6.07) is 13.7. The number of hydrogen-bond donors (Lipinski definition) is 3. The lowest BCUT2D eigenvalue weighted by Gasteiger charge is -2.10. The van der Waals surface area contributed by atoms with E-state index in [4.69, 9.17) is 23.2 Å². The number of halogens is 2. The van der Waals surface area contributed by atoms with Crippen LogP contribution in [-0.4, -0.2) is 6.03 Å². The van der Waals surface area contributed by atoms with E-state index < -0.39 is 6.03 Å². The maximum absolute atomic E-state index is 11.6. The first kappa shape index (κ1) is 13.5. The lowest BCUT2D eigenvalue weighted by Crippen LogP contribution is -2.33. The highest BCUT2D eigenvalue weighted by atomic mass is 35.5. The maximum atomic E-state index is 11.6. The van der Waals surface area contributed by atoms with Crippen LogP contribution in [-0.2, 0) is 0 Å². The molecule has 2 amide bonds. The number of hydrogen-bond acceptors (Lipinski definition) is 2. The summed E-state index contributed by atoms with van der Waals surface area (Å²) in [5.41, 5.74) is 6.62. The molecule has 0 unspecified atom stereocenters. The fourth-order valence-corrected chi connectivity index (χ4v) is 1.68. The van der Waals surface area contributed by atoms with E-state index in [-0.39, 0.29) is 0 Å². The molecule has 2 rings (SSSR count). The molecule has 19 heavy (non-hydrogen) atoms. The van der Waals surface area contributed by atoms with Crippen molar-refractivity contribution < 1.29 is 4.79 Å². The third kappa shape index (κ3) is 4.05. The van der Waals surface area contributed by atoms with Gasteiger partial charge in [-0.1, -0.05) is 41.4 Å². The monoisotopic (exact) mass is 295 g/mol. The molecular formula is C13H11Cl2N3O. The number of anilines is 2. The zero-order valence-electron chi connectivity index (χ0n) is 9.78. The predicted octanol–water partition coefficient (Wildman–Crippen LogP) is 4.14. The lowest BCUT2D eigenvalue weighted by molar-refractivity contribution is 0.254. The summed E-state index contributed by atoms with van der Waals surface area (Å²) in [5, 5.41) is 3.45. The summed E-state index contributed by atoms with van der Waals surface area (Å²) in [6.45, 7) is 0. The van der Waals surface area contributed by atoms with E-state index in [1.807, 2.05) is 30.3 Å². The van der Waals surface area contributed by atoms with E-state index in [1.165, 1.54) is 0 Å². The van der Waals surface area contributed by atoms with Gasteiger partial charge in [-0.15, -0.1) is 0 Å². The van der Waals surface area contributed by atoms with E-state index in [9.17, 15) is 4.79 Å². The lowest BCUT2D eigenvalue weighted by atomic mass is 10.3. The minimum atomic E-state index is -0.401. The fourth-order valence-electron chi connectivity index (χ4n) is 1.39. The molecule has 4 nitrogen and oxygen atoms in total. The summed E-state index contributed by atoms with van der Waals surface area (Å²) < 4.78 is 0. The van der Waals surface area contributed by atoms with E-state index in [0.717, 1.165) is 5.69 Å². The first-order chi connectivity index (χ1) is 9.15. The van der Waals surface area contributed by atoms with E-state index in [2.05, 4.69) is 16.2 Å². The predicted molar refractivity (Wildman–Crippen MR) is 78.7 cm³/mol. The van der Waals surface area contributed by atoms with Gasteiger partial charge in [-0.2, -0.15) is 0 Å². The number of carbonyl (C=O) groups excluding carboxylic acids is 1. The van der Waals surface area contributed by atoms with Crippen LogP contribution in [0.1, 0.15) is 0 Å². The Labute approximate surface area is 120 Å². The van der Waals surface area contributed by atoms with Crippen LogP contribution in [0.2, 0.25) is 10.0 Å². The number of nitrogens with one attached hydrogen (secondary N) is 3. The zero-order valence-corrected chi connectivity index (χ0v) is 11.3. The van der Waals surface area contributed by atoms with Gasteiger partial charge in [0.05, 0.1) is 15.7 Å². The van der Waals surface area contributed by atoms with Gasteiger partial charge in [0, 0.05) is 5.69 Å². The van der Waals surface area contributed by atoms with Gasteiger partial charge in [-0.05, 0) is 30.3 Å². The molecule has 2 aromatic rings. The Morgan fingerprint density at radius 1 is 0.895 bits per heavy atom. The van der Waals surface area contributed by atoms with E-state index >= 15 is 0 Å². The van der Waals surface area contributed by atoms with Crippen LogP contribution in [0.25, 0.3) is 0 Å². The quantitative estimate of drug-likeness (QED) is 0.745. The van der Waals surface area contributed by atoms with Crippen LogP contribution in [0.15, 0.2) is 48.5 Å². The number of carbonyl (C=O) groups is 1. The van der Waals surface area contributed by atoms with Crippen molar-refractivity contribution in [1.82, 2.24) is 5.43 Å². The van der Waals surface area contributed by atoms with Gasteiger partial charge in [-0.25, -0.2) is 4.79 Å². The first-order valence-electron chi connectivity index (χ1n) is 5.48. The molecule has 6 heteroatoms. The Bertz CT molecular complexity index is 575. The largest absolute Gasteiger partial charge is 0.337 e. The van der Waals surface area contributed by atoms with Crippen LogP contribution in [0.4, 0.5) is 16.2 Å².